The number of hydrogen-bond acceptors (Lipinski definition) is 4. The highest BCUT2D eigenvalue weighted by Gasteiger charge is 2.27. The van der Waals surface area contributed by atoms with Crippen molar-refractivity contribution in [2.45, 2.75) is 32.1 Å². The van der Waals surface area contributed by atoms with E-state index in [0.29, 0.717) is 0 Å². The molecule has 124 valence electrons. The summed E-state index contributed by atoms with van der Waals surface area (Å²) in [6.45, 7) is 2.11. The van der Waals surface area contributed by atoms with Crippen LogP contribution in [0.1, 0.15) is 30.5 Å². The van der Waals surface area contributed by atoms with E-state index in [0.717, 1.165) is 55.2 Å². The van der Waals surface area contributed by atoms with Crippen LogP contribution < -0.4 is 10.2 Å². The zero-order valence-corrected chi connectivity index (χ0v) is 13.7. The molecule has 2 aliphatic rings. The van der Waals surface area contributed by atoms with E-state index in [-0.39, 0.29) is 11.8 Å². The lowest BCUT2D eigenvalue weighted by molar-refractivity contribution is -0.120. The molecule has 1 aliphatic carbocycles. The Morgan fingerprint density at radius 3 is 2.75 bits per heavy atom. The number of para-hydroxylation sites is 1. The van der Waals surface area contributed by atoms with Crippen LogP contribution in [0.5, 0.6) is 0 Å². The van der Waals surface area contributed by atoms with Crippen LogP contribution in [0.2, 0.25) is 0 Å². The molecular formula is C19H22N4O. The highest BCUT2D eigenvalue weighted by Crippen LogP contribution is 2.27. The summed E-state index contributed by atoms with van der Waals surface area (Å²) in [4.78, 5) is 24.0. The first kappa shape index (κ1) is 15.1. The number of fused-ring (bicyclic) bond motifs is 1. The summed E-state index contributed by atoms with van der Waals surface area (Å²) in [7, 11) is 0. The van der Waals surface area contributed by atoms with Crippen molar-refractivity contribution >= 4 is 17.5 Å². The maximum absolute atomic E-state index is 12.5. The van der Waals surface area contributed by atoms with Crippen LogP contribution in [0, 0.1) is 5.92 Å². The van der Waals surface area contributed by atoms with Gasteiger partial charge in [-0.2, -0.15) is 0 Å². The third-order valence-corrected chi connectivity index (χ3v) is 4.94. The summed E-state index contributed by atoms with van der Waals surface area (Å²) < 4.78 is 0. The molecule has 0 saturated carbocycles. The van der Waals surface area contributed by atoms with Crippen LogP contribution in [0.15, 0.2) is 36.5 Å². The van der Waals surface area contributed by atoms with Crippen molar-refractivity contribution in [1.82, 2.24) is 9.97 Å². The van der Waals surface area contributed by atoms with Gasteiger partial charge in [0.05, 0.1) is 0 Å². The van der Waals surface area contributed by atoms with Gasteiger partial charge in [0.25, 0.3) is 0 Å². The number of nitrogens with one attached hydrogen (secondary N) is 1. The van der Waals surface area contributed by atoms with Gasteiger partial charge < -0.3 is 10.2 Å². The molecule has 0 unspecified atom stereocenters. The minimum atomic E-state index is -0.000979. The van der Waals surface area contributed by atoms with E-state index in [2.05, 4.69) is 15.2 Å². The van der Waals surface area contributed by atoms with Crippen LogP contribution in [-0.4, -0.2) is 29.0 Å². The Morgan fingerprint density at radius 1 is 1.17 bits per heavy atom. The van der Waals surface area contributed by atoms with Crippen LogP contribution in [-0.2, 0) is 17.6 Å². The Hall–Kier alpha value is -2.43. The van der Waals surface area contributed by atoms with Gasteiger partial charge in [0, 0.05) is 36.6 Å². The minimum Gasteiger partial charge on any atom is -0.341 e. The quantitative estimate of drug-likeness (QED) is 0.944. The first-order chi connectivity index (χ1) is 11.8. The van der Waals surface area contributed by atoms with E-state index in [1.165, 1.54) is 12.8 Å². The van der Waals surface area contributed by atoms with Crippen molar-refractivity contribution in [1.29, 1.82) is 0 Å². The first-order valence-electron chi connectivity index (χ1n) is 8.75. The van der Waals surface area contributed by atoms with Crippen molar-refractivity contribution in [2.75, 3.05) is 23.3 Å². The second kappa shape index (κ2) is 6.59. The van der Waals surface area contributed by atoms with Crippen molar-refractivity contribution in [3.63, 3.8) is 0 Å². The topological polar surface area (TPSA) is 58.1 Å². The van der Waals surface area contributed by atoms with Gasteiger partial charge >= 0.3 is 0 Å². The molecule has 0 bridgehead atoms. The Kier molecular flexibility index (Phi) is 4.15. The molecule has 2 aromatic rings. The predicted molar refractivity (Wildman–Crippen MR) is 94.1 cm³/mol. The average Bonchev–Trinajstić information content (AvgIpc) is 3.16. The van der Waals surface area contributed by atoms with E-state index in [4.69, 9.17) is 4.98 Å². The molecule has 1 aromatic carbocycles. The Bertz CT molecular complexity index is 725. The highest BCUT2D eigenvalue weighted by molar-refractivity contribution is 5.92. The molecule has 1 saturated heterocycles. The number of hydrogen-bond donors (Lipinski definition) is 1. The summed E-state index contributed by atoms with van der Waals surface area (Å²) >= 11 is 0. The van der Waals surface area contributed by atoms with Gasteiger partial charge in [0.15, 0.2) is 0 Å². The van der Waals surface area contributed by atoms with Gasteiger partial charge in [0.1, 0.15) is 0 Å². The molecule has 1 aliphatic heterocycles. The van der Waals surface area contributed by atoms with E-state index in [9.17, 15) is 4.79 Å². The van der Waals surface area contributed by atoms with E-state index in [1.54, 1.807) is 0 Å². The number of aromatic nitrogens is 2. The van der Waals surface area contributed by atoms with E-state index >= 15 is 0 Å². The lowest BCUT2D eigenvalue weighted by Crippen LogP contribution is -2.29. The fourth-order valence-corrected chi connectivity index (χ4v) is 3.56. The normalized spacial score (nSPS) is 19.8. The lowest BCUT2D eigenvalue weighted by Gasteiger charge is -2.24. The Balaban J connectivity index is 1.44. The molecule has 1 atom stereocenters. The molecule has 0 radical (unpaired) electrons. The fourth-order valence-electron chi connectivity index (χ4n) is 3.56. The number of anilines is 2. The zero-order chi connectivity index (χ0) is 16.4. The molecule has 1 aromatic heterocycles. The smallest absolute Gasteiger partial charge is 0.227 e. The van der Waals surface area contributed by atoms with Crippen molar-refractivity contribution in [3.8, 4) is 0 Å². The predicted octanol–water partition coefficient (Wildman–Crippen LogP) is 2.82. The third-order valence-electron chi connectivity index (χ3n) is 4.94. The molecule has 1 amide bonds. The van der Waals surface area contributed by atoms with Gasteiger partial charge in [-0.05, 0) is 49.8 Å². The first-order valence-corrected chi connectivity index (χ1v) is 8.75. The Morgan fingerprint density at radius 2 is 1.96 bits per heavy atom. The van der Waals surface area contributed by atoms with E-state index in [1.807, 2.05) is 36.5 Å². The third kappa shape index (κ3) is 3.11. The minimum absolute atomic E-state index is 0.000979. The monoisotopic (exact) mass is 322 g/mol. The lowest BCUT2D eigenvalue weighted by atomic mass is 9.86. The molecule has 24 heavy (non-hydrogen) atoms. The standard InChI is InChI=1S/C19H22N4O/c24-18(21-16-6-2-1-3-7-16)14-8-9-17-15(12-14)13-20-19(22-17)23-10-4-5-11-23/h1-3,6-7,13-14H,4-5,8-12H2,(H,21,24)/t14-/m0/s1. The summed E-state index contributed by atoms with van der Waals surface area (Å²) in [5.41, 5.74) is 3.10. The molecule has 1 fully saturated rings. The Labute approximate surface area is 142 Å². The average molecular weight is 322 g/mol. The van der Waals surface area contributed by atoms with E-state index < -0.39 is 0 Å². The van der Waals surface area contributed by atoms with Crippen LogP contribution >= 0.6 is 0 Å². The number of carbonyl (C=O) groups excluding carboxylic acids is 1. The van der Waals surface area contributed by atoms with Crippen LogP contribution in [0.25, 0.3) is 0 Å². The van der Waals surface area contributed by atoms with Crippen LogP contribution in [0.3, 0.4) is 0 Å². The summed E-state index contributed by atoms with van der Waals surface area (Å²) in [5.74, 6) is 0.952. The number of nitrogens with zero attached hydrogens (tertiary/aromatic N) is 3. The van der Waals surface area contributed by atoms with Gasteiger partial charge in [0.2, 0.25) is 11.9 Å². The zero-order valence-electron chi connectivity index (χ0n) is 13.7. The largest absolute Gasteiger partial charge is 0.341 e. The number of benzene rings is 1. The van der Waals surface area contributed by atoms with Gasteiger partial charge in [-0.25, -0.2) is 9.97 Å². The second-order valence-electron chi connectivity index (χ2n) is 6.63. The molecule has 2 heterocycles. The molecular weight excluding hydrogens is 300 g/mol. The highest BCUT2D eigenvalue weighted by atomic mass is 16.1. The molecule has 1 N–H and O–H groups in total. The number of aryl methyl sites for hydroxylation is 1. The summed E-state index contributed by atoms with van der Waals surface area (Å²) in [6, 6.07) is 9.64. The summed E-state index contributed by atoms with van der Waals surface area (Å²) in [6.07, 6.45) is 6.81. The maximum Gasteiger partial charge on any atom is 0.227 e. The molecule has 0 spiro atoms. The molecule has 5 nitrogen and oxygen atoms in total. The SMILES string of the molecule is O=C(Nc1ccccc1)[C@H]1CCc2nc(N3CCCC3)ncc2C1. The number of amides is 1. The second-order valence-corrected chi connectivity index (χ2v) is 6.63. The summed E-state index contributed by atoms with van der Waals surface area (Å²) in [5, 5.41) is 3.01. The van der Waals surface area contributed by atoms with Crippen molar-refractivity contribution < 1.29 is 4.79 Å². The fraction of sp³-hybridized carbons (Fsp3) is 0.421. The maximum atomic E-state index is 12.5. The number of carbonyl (C=O) groups is 1. The van der Waals surface area contributed by atoms with Crippen molar-refractivity contribution in [2.24, 2.45) is 5.92 Å². The van der Waals surface area contributed by atoms with Gasteiger partial charge in [-0.1, -0.05) is 18.2 Å². The van der Waals surface area contributed by atoms with Gasteiger partial charge in [-0.3, -0.25) is 4.79 Å². The molecule has 5 heteroatoms. The number of rotatable bonds is 3. The van der Waals surface area contributed by atoms with Crippen molar-refractivity contribution in [3.05, 3.63) is 47.8 Å². The molecule has 4 rings (SSSR count). The van der Waals surface area contributed by atoms with Crippen LogP contribution in [0.4, 0.5) is 11.6 Å². The van der Waals surface area contributed by atoms with Gasteiger partial charge in [-0.15, -0.1) is 0 Å².